The molecule has 0 radical (unpaired) electrons. The van der Waals surface area contributed by atoms with Crippen molar-refractivity contribution in [2.75, 3.05) is 0 Å². The molecule has 1 saturated carbocycles. The van der Waals surface area contributed by atoms with Gasteiger partial charge in [0.1, 0.15) is 0 Å². The van der Waals surface area contributed by atoms with E-state index < -0.39 is 12.1 Å². The molecule has 1 nitrogen and oxygen atoms in total. The highest BCUT2D eigenvalue weighted by atomic mass is 79.9. The van der Waals surface area contributed by atoms with Crippen LogP contribution in [0.4, 0.5) is 13.2 Å². The number of aromatic nitrogens is 1. The number of hydrogen-bond acceptors (Lipinski definition) is 1. The fourth-order valence-electron chi connectivity index (χ4n) is 3.13. The summed E-state index contributed by atoms with van der Waals surface area (Å²) in [6.07, 6.45) is 0.0454. The van der Waals surface area contributed by atoms with E-state index in [9.17, 15) is 13.2 Å². The lowest BCUT2D eigenvalue weighted by atomic mass is 9.74. The predicted molar refractivity (Wildman–Crippen MR) is 76.9 cm³/mol. The summed E-state index contributed by atoms with van der Waals surface area (Å²) >= 11 is 3.53. The molecule has 1 fully saturated rings. The van der Waals surface area contributed by atoms with Gasteiger partial charge in [-0.3, -0.25) is 4.98 Å². The smallest absolute Gasteiger partial charge is 0.261 e. The molecule has 0 saturated heterocycles. The summed E-state index contributed by atoms with van der Waals surface area (Å²) in [4.78, 5) is 4.08. The van der Waals surface area contributed by atoms with Crippen LogP contribution in [0.25, 0.3) is 0 Å². The van der Waals surface area contributed by atoms with Gasteiger partial charge >= 0.3 is 6.18 Å². The molecule has 1 aromatic rings. The Morgan fingerprint density at radius 3 is 2.55 bits per heavy atom. The summed E-state index contributed by atoms with van der Waals surface area (Å²) in [5.41, 5.74) is 0.848. The molecule has 0 N–H and O–H groups in total. The maximum absolute atomic E-state index is 13.2. The first-order valence-electron chi connectivity index (χ1n) is 7.03. The Kier molecular flexibility index (Phi) is 5.10. The van der Waals surface area contributed by atoms with Crippen LogP contribution in [0.15, 0.2) is 24.4 Å². The molecule has 4 atom stereocenters. The van der Waals surface area contributed by atoms with Crippen molar-refractivity contribution in [2.45, 2.75) is 49.5 Å². The minimum Gasteiger partial charge on any atom is -0.261 e. The zero-order valence-corrected chi connectivity index (χ0v) is 13.0. The Balaban J connectivity index is 2.15. The third-order valence-corrected chi connectivity index (χ3v) is 5.75. The average molecular weight is 350 g/mol. The quantitative estimate of drug-likeness (QED) is 0.673. The fourth-order valence-corrected chi connectivity index (χ4v) is 4.03. The Labute approximate surface area is 126 Å². The first-order chi connectivity index (χ1) is 9.41. The third kappa shape index (κ3) is 3.54. The second-order valence-electron chi connectivity index (χ2n) is 5.58. The number of rotatable bonds is 3. The molecule has 2 rings (SSSR count). The van der Waals surface area contributed by atoms with Gasteiger partial charge in [0.25, 0.3) is 0 Å². The number of nitrogens with zero attached hydrogens (tertiary/aromatic N) is 1. The predicted octanol–water partition coefficient (Wildman–Crippen LogP) is 5.32. The van der Waals surface area contributed by atoms with Crippen molar-refractivity contribution in [2.24, 2.45) is 11.8 Å². The molecule has 0 spiro atoms. The van der Waals surface area contributed by atoms with E-state index in [4.69, 9.17) is 0 Å². The Morgan fingerprint density at radius 2 is 1.95 bits per heavy atom. The Bertz CT molecular complexity index is 421. The van der Waals surface area contributed by atoms with Crippen LogP contribution in [0, 0.1) is 11.8 Å². The number of halogens is 4. The summed E-state index contributed by atoms with van der Waals surface area (Å²) in [6.45, 7) is 1.95. The fraction of sp³-hybridized carbons (Fsp3) is 0.667. The van der Waals surface area contributed by atoms with Gasteiger partial charge in [0.15, 0.2) is 0 Å². The second-order valence-corrected chi connectivity index (χ2v) is 6.64. The van der Waals surface area contributed by atoms with Gasteiger partial charge in [-0.25, -0.2) is 0 Å². The SMILES string of the molecule is CC(c1ccccn1)C(Br)C1CCCCC1C(F)(F)F. The van der Waals surface area contributed by atoms with Crippen LogP contribution in [0.1, 0.15) is 44.2 Å². The van der Waals surface area contributed by atoms with Gasteiger partial charge in [-0.15, -0.1) is 0 Å². The zero-order valence-electron chi connectivity index (χ0n) is 11.4. The lowest BCUT2D eigenvalue weighted by molar-refractivity contribution is -0.196. The highest BCUT2D eigenvalue weighted by molar-refractivity contribution is 9.09. The molecule has 0 bridgehead atoms. The summed E-state index contributed by atoms with van der Waals surface area (Å²) in [7, 11) is 0. The highest BCUT2D eigenvalue weighted by Gasteiger charge is 2.48. The minimum absolute atomic E-state index is 0.0239. The van der Waals surface area contributed by atoms with Crippen LogP contribution in [0.3, 0.4) is 0 Å². The molecular formula is C15H19BrF3N. The van der Waals surface area contributed by atoms with E-state index in [1.165, 1.54) is 0 Å². The van der Waals surface area contributed by atoms with E-state index in [0.717, 1.165) is 12.1 Å². The van der Waals surface area contributed by atoms with Crippen molar-refractivity contribution in [3.8, 4) is 0 Å². The maximum Gasteiger partial charge on any atom is 0.392 e. The Hall–Kier alpha value is -0.580. The van der Waals surface area contributed by atoms with Crippen molar-refractivity contribution >= 4 is 15.9 Å². The average Bonchev–Trinajstić information content (AvgIpc) is 2.46. The van der Waals surface area contributed by atoms with Crippen LogP contribution in [0.2, 0.25) is 0 Å². The molecule has 4 unspecified atom stereocenters. The van der Waals surface area contributed by atoms with Crippen molar-refractivity contribution in [1.82, 2.24) is 4.98 Å². The molecule has 112 valence electrons. The molecule has 5 heteroatoms. The highest BCUT2D eigenvalue weighted by Crippen LogP contribution is 2.47. The van der Waals surface area contributed by atoms with E-state index in [2.05, 4.69) is 20.9 Å². The van der Waals surface area contributed by atoms with E-state index in [0.29, 0.717) is 12.8 Å². The van der Waals surface area contributed by atoms with E-state index in [1.807, 2.05) is 25.1 Å². The van der Waals surface area contributed by atoms with Crippen molar-refractivity contribution in [1.29, 1.82) is 0 Å². The molecule has 0 aliphatic heterocycles. The zero-order chi connectivity index (χ0) is 14.8. The Morgan fingerprint density at radius 1 is 1.25 bits per heavy atom. The molecule has 1 aromatic heterocycles. The standard InChI is InChI=1S/C15H19BrF3N/c1-10(13-8-4-5-9-20-13)14(16)11-6-2-3-7-12(11)15(17,18)19/h4-5,8-12,14H,2-3,6-7H2,1H3. The first kappa shape index (κ1) is 15.8. The first-order valence-corrected chi connectivity index (χ1v) is 7.94. The lowest BCUT2D eigenvalue weighted by Crippen LogP contribution is -2.39. The lowest BCUT2D eigenvalue weighted by Gasteiger charge is -2.38. The molecule has 0 amide bonds. The van der Waals surface area contributed by atoms with Gasteiger partial charge in [-0.1, -0.05) is 41.8 Å². The molecular weight excluding hydrogens is 331 g/mol. The second kappa shape index (κ2) is 6.46. The van der Waals surface area contributed by atoms with Crippen LogP contribution in [-0.4, -0.2) is 16.0 Å². The third-order valence-electron chi connectivity index (χ3n) is 4.28. The van der Waals surface area contributed by atoms with E-state index >= 15 is 0 Å². The van der Waals surface area contributed by atoms with Gasteiger partial charge in [0.05, 0.1) is 5.92 Å². The van der Waals surface area contributed by atoms with Crippen LogP contribution in [-0.2, 0) is 0 Å². The van der Waals surface area contributed by atoms with Gasteiger partial charge in [0.2, 0.25) is 0 Å². The summed E-state index contributed by atoms with van der Waals surface area (Å²) in [6, 6.07) is 5.57. The van der Waals surface area contributed by atoms with Gasteiger partial charge in [-0.05, 0) is 30.9 Å². The summed E-state index contributed by atoms with van der Waals surface area (Å²) in [5.74, 6) is -1.57. The van der Waals surface area contributed by atoms with Crippen LogP contribution >= 0.6 is 15.9 Å². The van der Waals surface area contributed by atoms with E-state index in [-0.39, 0.29) is 23.1 Å². The van der Waals surface area contributed by atoms with Gasteiger partial charge in [-0.2, -0.15) is 13.2 Å². The molecule has 0 aromatic carbocycles. The van der Waals surface area contributed by atoms with Gasteiger partial charge in [0, 0.05) is 22.6 Å². The van der Waals surface area contributed by atoms with Gasteiger partial charge < -0.3 is 0 Å². The van der Waals surface area contributed by atoms with Crippen LogP contribution < -0.4 is 0 Å². The molecule has 1 heterocycles. The minimum atomic E-state index is -4.10. The van der Waals surface area contributed by atoms with Crippen LogP contribution in [0.5, 0.6) is 0 Å². The van der Waals surface area contributed by atoms with Crippen molar-refractivity contribution < 1.29 is 13.2 Å². The molecule has 1 aliphatic rings. The maximum atomic E-state index is 13.2. The topological polar surface area (TPSA) is 12.9 Å². The molecule has 1 aliphatic carbocycles. The largest absolute Gasteiger partial charge is 0.392 e. The van der Waals surface area contributed by atoms with E-state index in [1.54, 1.807) is 6.20 Å². The van der Waals surface area contributed by atoms with Crippen molar-refractivity contribution in [3.05, 3.63) is 30.1 Å². The number of hydrogen-bond donors (Lipinski definition) is 0. The monoisotopic (exact) mass is 349 g/mol. The van der Waals surface area contributed by atoms with Crippen molar-refractivity contribution in [3.63, 3.8) is 0 Å². The summed E-state index contributed by atoms with van der Waals surface area (Å²) in [5, 5.41) is 0. The molecule has 20 heavy (non-hydrogen) atoms. The normalized spacial score (nSPS) is 27.1. The number of pyridine rings is 1. The number of alkyl halides is 4. The summed E-state index contributed by atoms with van der Waals surface area (Å²) < 4.78 is 39.5.